The Hall–Kier alpha value is -1.36. The zero-order valence-electron chi connectivity index (χ0n) is 9.41. The summed E-state index contributed by atoms with van der Waals surface area (Å²) in [4.78, 5) is 13.7. The maximum Gasteiger partial charge on any atom is 0.257 e. The molecule has 5 nitrogen and oxygen atoms in total. The van der Waals surface area contributed by atoms with E-state index < -0.39 is 0 Å². The maximum atomic E-state index is 12.0. The van der Waals surface area contributed by atoms with Gasteiger partial charge in [0, 0.05) is 25.9 Å². The topological polar surface area (TPSA) is 58.2 Å². The third-order valence-corrected chi connectivity index (χ3v) is 2.29. The highest BCUT2D eigenvalue weighted by atomic mass is 16.5. The highest BCUT2D eigenvalue weighted by Gasteiger charge is 2.16. The van der Waals surface area contributed by atoms with E-state index in [0.717, 1.165) is 5.69 Å². The van der Waals surface area contributed by atoms with Crippen molar-refractivity contribution < 1.29 is 9.53 Å². The van der Waals surface area contributed by atoms with Crippen LogP contribution in [0.15, 0.2) is 6.20 Å². The van der Waals surface area contributed by atoms with Crippen LogP contribution in [0, 0.1) is 6.92 Å². The summed E-state index contributed by atoms with van der Waals surface area (Å²) < 4.78 is 4.95. The van der Waals surface area contributed by atoms with Gasteiger partial charge in [-0.15, -0.1) is 0 Å². The van der Waals surface area contributed by atoms with Crippen LogP contribution in [0.1, 0.15) is 23.0 Å². The number of H-pyrrole nitrogens is 1. The summed E-state index contributed by atoms with van der Waals surface area (Å²) in [5.74, 6) is 0.000741. The largest absolute Gasteiger partial charge is 0.383 e. The highest BCUT2D eigenvalue weighted by Crippen LogP contribution is 2.07. The molecule has 84 valence electrons. The smallest absolute Gasteiger partial charge is 0.257 e. The van der Waals surface area contributed by atoms with Crippen LogP contribution in [-0.2, 0) is 4.74 Å². The van der Waals surface area contributed by atoms with Crippen molar-refractivity contribution in [2.24, 2.45) is 0 Å². The Labute approximate surface area is 89.4 Å². The van der Waals surface area contributed by atoms with Gasteiger partial charge in [0.05, 0.1) is 18.4 Å². The molecule has 0 radical (unpaired) electrons. The summed E-state index contributed by atoms with van der Waals surface area (Å²) in [7, 11) is 1.63. The van der Waals surface area contributed by atoms with Gasteiger partial charge in [0.15, 0.2) is 0 Å². The molecule has 1 rings (SSSR count). The number of nitrogens with one attached hydrogen (secondary N) is 1. The lowest BCUT2D eigenvalue weighted by atomic mass is 10.2. The van der Waals surface area contributed by atoms with E-state index in [0.29, 0.717) is 25.3 Å². The highest BCUT2D eigenvalue weighted by molar-refractivity contribution is 5.94. The summed E-state index contributed by atoms with van der Waals surface area (Å²) >= 11 is 0. The number of nitrogens with zero attached hydrogens (tertiary/aromatic N) is 2. The molecule has 0 aromatic carbocycles. The molecule has 0 saturated heterocycles. The predicted molar refractivity (Wildman–Crippen MR) is 56.8 cm³/mol. The number of rotatable bonds is 5. The first-order chi connectivity index (χ1) is 7.20. The summed E-state index contributed by atoms with van der Waals surface area (Å²) in [5.41, 5.74) is 1.43. The molecule has 1 heterocycles. The average molecular weight is 211 g/mol. The molecular weight excluding hydrogens is 194 g/mol. The zero-order chi connectivity index (χ0) is 11.3. The van der Waals surface area contributed by atoms with Crippen LogP contribution >= 0.6 is 0 Å². The first-order valence-corrected chi connectivity index (χ1v) is 4.98. The van der Waals surface area contributed by atoms with Crippen LogP contribution in [0.4, 0.5) is 0 Å². The van der Waals surface area contributed by atoms with Crippen LogP contribution in [0.3, 0.4) is 0 Å². The number of likely N-dealkylation sites (N-methyl/N-ethyl adjacent to an activating group) is 1. The number of amides is 1. The average Bonchev–Trinajstić information content (AvgIpc) is 2.65. The van der Waals surface area contributed by atoms with Gasteiger partial charge in [-0.3, -0.25) is 9.89 Å². The molecule has 15 heavy (non-hydrogen) atoms. The lowest BCUT2D eigenvalue weighted by molar-refractivity contribution is 0.0706. The SMILES string of the molecule is CCN(CCOC)C(=O)c1cn[nH]c1C. The predicted octanol–water partition coefficient (Wildman–Crippen LogP) is 0.827. The fourth-order valence-electron chi connectivity index (χ4n) is 1.34. The Morgan fingerprint density at radius 2 is 2.40 bits per heavy atom. The number of hydrogen-bond acceptors (Lipinski definition) is 3. The van der Waals surface area contributed by atoms with Gasteiger partial charge in [0.1, 0.15) is 0 Å². The van der Waals surface area contributed by atoms with E-state index in [1.807, 2.05) is 13.8 Å². The maximum absolute atomic E-state index is 12.0. The molecular formula is C10H17N3O2. The third kappa shape index (κ3) is 2.79. The third-order valence-electron chi connectivity index (χ3n) is 2.29. The number of aromatic amines is 1. The number of aryl methyl sites for hydroxylation is 1. The molecule has 0 spiro atoms. The zero-order valence-corrected chi connectivity index (χ0v) is 9.41. The minimum atomic E-state index is 0.000741. The fraction of sp³-hybridized carbons (Fsp3) is 0.600. The molecule has 0 bridgehead atoms. The van der Waals surface area contributed by atoms with Gasteiger partial charge in [-0.25, -0.2) is 0 Å². The van der Waals surface area contributed by atoms with Crippen LogP contribution in [0.25, 0.3) is 0 Å². The minimum absolute atomic E-state index is 0.000741. The van der Waals surface area contributed by atoms with E-state index in [4.69, 9.17) is 4.74 Å². The number of methoxy groups -OCH3 is 1. The number of carbonyl (C=O) groups is 1. The van der Waals surface area contributed by atoms with E-state index in [1.54, 1.807) is 18.2 Å². The molecule has 0 saturated carbocycles. The molecule has 0 aliphatic carbocycles. The van der Waals surface area contributed by atoms with Crippen LogP contribution in [-0.4, -0.2) is 47.8 Å². The Morgan fingerprint density at radius 3 is 2.87 bits per heavy atom. The van der Waals surface area contributed by atoms with Gasteiger partial charge in [0.2, 0.25) is 0 Å². The Balaban J connectivity index is 2.69. The molecule has 0 aliphatic rings. The lowest BCUT2D eigenvalue weighted by Gasteiger charge is -2.19. The molecule has 0 aliphatic heterocycles. The second-order valence-electron chi connectivity index (χ2n) is 3.29. The van der Waals surface area contributed by atoms with E-state index in [9.17, 15) is 4.79 Å². The van der Waals surface area contributed by atoms with Gasteiger partial charge in [-0.2, -0.15) is 5.10 Å². The van der Waals surface area contributed by atoms with Crippen LogP contribution < -0.4 is 0 Å². The van der Waals surface area contributed by atoms with E-state index in [1.165, 1.54) is 0 Å². The summed E-state index contributed by atoms with van der Waals surface area (Å²) in [6.45, 7) is 5.62. The van der Waals surface area contributed by atoms with Crippen molar-refractivity contribution in [1.82, 2.24) is 15.1 Å². The van der Waals surface area contributed by atoms with Crippen molar-refractivity contribution in [2.75, 3.05) is 26.8 Å². The van der Waals surface area contributed by atoms with E-state index in [2.05, 4.69) is 10.2 Å². The number of hydrogen-bond donors (Lipinski definition) is 1. The molecule has 1 aromatic rings. The Kier molecular flexibility index (Phi) is 4.30. The molecule has 0 fully saturated rings. The number of aromatic nitrogens is 2. The molecule has 0 atom stereocenters. The van der Waals surface area contributed by atoms with Crippen molar-refractivity contribution in [3.63, 3.8) is 0 Å². The first-order valence-electron chi connectivity index (χ1n) is 4.98. The molecule has 5 heteroatoms. The van der Waals surface area contributed by atoms with Crippen molar-refractivity contribution in [3.05, 3.63) is 17.5 Å². The van der Waals surface area contributed by atoms with Gasteiger partial charge in [-0.1, -0.05) is 0 Å². The standard InChI is InChI=1S/C10H17N3O2/c1-4-13(5-6-15-3)10(14)9-7-11-12-8(9)2/h7H,4-6H2,1-3H3,(H,11,12). The van der Waals surface area contributed by atoms with Crippen molar-refractivity contribution >= 4 is 5.91 Å². The van der Waals surface area contributed by atoms with E-state index >= 15 is 0 Å². The number of ether oxygens (including phenoxy) is 1. The molecule has 1 aromatic heterocycles. The molecule has 1 amide bonds. The minimum Gasteiger partial charge on any atom is -0.383 e. The van der Waals surface area contributed by atoms with Gasteiger partial charge in [-0.05, 0) is 13.8 Å². The second-order valence-corrected chi connectivity index (χ2v) is 3.29. The molecule has 0 unspecified atom stereocenters. The van der Waals surface area contributed by atoms with Crippen molar-refractivity contribution in [1.29, 1.82) is 0 Å². The quantitative estimate of drug-likeness (QED) is 0.784. The van der Waals surface area contributed by atoms with Gasteiger partial charge >= 0.3 is 0 Å². The Morgan fingerprint density at radius 1 is 1.67 bits per heavy atom. The summed E-state index contributed by atoms with van der Waals surface area (Å²) in [6, 6.07) is 0. The Bertz CT molecular complexity index is 322. The molecule has 1 N–H and O–H groups in total. The second kappa shape index (κ2) is 5.50. The summed E-state index contributed by atoms with van der Waals surface area (Å²) in [6.07, 6.45) is 1.56. The monoisotopic (exact) mass is 211 g/mol. The fourth-order valence-corrected chi connectivity index (χ4v) is 1.34. The van der Waals surface area contributed by atoms with Crippen molar-refractivity contribution in [3.8, 4) is 0 Å². The number of carbonyl (C=O) groups excluding carboxylic acids is 1. The van der Waals surface area contributed by atoms with Gasteiger partial charge < -0.3 is 9.64 Å². The van der Waals surface area contributed by atoms with E-state index in [-0.39, 0.29) is 5.91 Å². The first kappa shape index (κ1) is 11.7. The summed E-state index contributed by atoms with van der Waals surface area (Å²) in [5, 5.41) is 6.59. The normalized spacial score (nSPS) is 10.3. The van der Waals surface area contributed by atoms with Gasteiger partial charge in [0.25, 0.3) is 5.91 Å². The van der Waals surface area contributed by atoms with Crippen molar-refractivity contribution in [2.45, 2.75) is 13.8 Å². The van der Waals surface area contributed by atoms with Crippen LogP contribution in [0.5, 0.6) is 0 Å². The lowest BCUT2D eigenvalue weighted by Crippen LogP contribution is -2.33. The van der Waals surface area contributed by atoms with Crippen LogP contribution in [0.2, 0.25) is 0 Å².